The predicted molar refractivity (Wildman–Crippen MR) is 67.4 cm³/mol. The third kappa shape index (κ3) is 1.66. The van der Waals surface area contributed by atoms with Crippen LogP contribution in [0.4, 0.5) is 5.69 Å². The number of hydrogen-bond donors (Lipinski definition) is 1. The van der Waals surface area contributed by atoms with Crippen LogP contribution in [0.2, 0.25) is 0 Å². The van der Waals surface area contributed by atoms with E-state index in [0.29, 0.717) is 6.04 Å². The van der Waals surface area contributed by atoms with Crippen LogP contribution in [0.15, 0.2) is 30.6 Å². The van der Waals surface area contributed by atoms with Crippen molar-refractivity contribution in [2.75, 3.05) is 5.32 Å². The van der Waals surface area contributed by atoms with E-state index in [2.05, 4.69) is 33.0 Å². The number of aromatic nitrogens is 4. The fraction of sp³-hybridized carbons (Fsp3) is 0.462. The minimum atomic E-state index is 0.689. The standard InChI is InChI=1S/C13H15N5/c1-6-13(12-7-9(1)12)15-10-2-4-11(5-3-10)18-8-14-16-17-18/h2-5,8-9,12-13,15H,1,6-7H2. The zero-order chi connectivity index (χ0) is 11.9. The van der Waals surface area contributed by atoms with Crippen LogP contribution >= 0.6 is 0 Å². The molecule has 18 heavy (non-hydrogen) atoms. The van der Waals surface area contributed by atoms with E-state index in [0.717, 1.165) is 17.5 Å². The summed E-state index contributed by atoms with van der Waals surface area (Å²) < 4.78 is 1.66. The molecule has 0 aliphatic heterocycles. The van der Waals surface area contributed by atoms with Gasteiger partial charge in [-0.25, -0.2) is 4.68 Å². The first-order valence-electron chi connectivity index (χ1n) is 6.50. The van der Waals surface area contributed by atoms with Crippen molar-refractivity contribution in [1.29, 1.82) is 0 Å². The van der Waals surface area contributed by atoms with Crippen molar-refractivity contribution in [2.24, 2.45) is 11.8 Å². The lowest BCUT2D eigenvalue weighted by molar-refractivity contribution is 0.654. The Balaban J connectivity index is 1.49. The smallest absolute Gasteiger partial charge is 0.143 e. The van der Waals surface area contributed by atoms with E-state index in [-0.39, 0.29) is 0 Å². The van der Waals surface area contributed by atoms with Gasteiger partial charge in [0.15, 0.2) is 0 Å². The molecule has 0 bridgehead atoms. The van der Waals surface area contributed by atoms with Crippen LogP contribution in [0.25, 0.3) is 5.69 Å². The molecule has 1 N–H and O–H groups in total. The Bertz CT molecular complexity index is 533. The van der Waals surface area contributed by atoms with Gasteiger partial charge in [-0.15, -0.1) is 5.10 Å². The highest BCUT2D eigenvalue weighted by Crippen LogP contribution is 2.52. The molecule has 0 amide bonds. The lowest BCUT2D eigenvalue weighted by atomic mass is 10.1. The Morgan fingerprint density at radius 3 is 2.67 bits per heavy atom. The minimum Gasteiger partial charge on any atom is -0.382 e. The van der Waals surface area contributed by atoms with E-state index < -0.39 is 0 Å². The van der Waals surface area contributed by atoms with Crippen molar-refractivity contribution in [1.82, 2.24) is 20.2 Å². The summed E-state index contributed by atoms with van der Waals surface area (Å²) >= 11 is 0. The highest BCUT2D eigenvalue weighted by atomic mass is 15.5. The number of anilines is 1. The van der Waals surface area contributed by atoms with E-state index in [1.54, 1.807) is 11.0 Å². The van der Waals surface area contributed by atoms with Crippen LogP contribution in [0, 0.1) is 11.8 Å². The molecule has 2 aliphatic rings. The van der Waals surface area contributed by atoms with E-state index in [1.807, 2.05) is 12.1 Å². The van der Waals surface area contributed by atoms with Gasteiger partial charge in [-0.2, -0.15) is 0 Å². The van der Waals surface area contributed by atoms with Crippen molar-refractivity contribution in [3.8, 4) is 5.69 Å². The number of tetrazole rings is 1. The van der Waals surface area contributed by atoms with Crippen molar-refractivity contribution in [3.63, 3.8) is 0 Å². The fourth-order valence-electron chi connectivity index (χ4n) is 3.09. The molecule has 5 heteroatoms. The molecule has 0 radical (unpaired) electrons. The topological polar surface area (TPSA) is 55.6 Å². The highest BCUT2D eigenvalue weighted by Gasteiger charge is 2.47. The zero-order valence-electron chi connectivity index (χ0n) is 10.0. The van der Waals surface area contributed by atoms with Gasteiger partial charge in [0.05, 0.1) is 5.69 Å². The van der Waals surface area contributed by atoms with E-state index in [1.165, 1.54) is 24.9 Å². The van der Waals surface area contributed by atoms with Crippen LogP contribution in [-0.4, -0.2) is 26.2 Å². The predicted octanol–water partition coefficient (Wildman–Crippen LogP) is 1.87. The third-order valence-corrected chi connectivity index (χ3v) is 4.18. The first kappa shape index (κ1) is 10.1. The molecule has 1 aromatic carbocycles. The third-order valence-electron chi connectivity index (χ3n) is 4.18. The first-order valence-corrected chi connectivity index (χ1v) is 6.50. The van der Waals surface area contributed by atoms with Gasteiger partial charge in [0.2, 0.25) is 0 Å². The molecular weight excluding hydrogens is 226 g/mol. The molecule has 2 saturated carbocycles. The monoisotopic (exact) mass is 241 g/mol. The zero-order valence-corrected chi connectivity index (χ0v) is 10.0. The molecule has 0 spiro atoms. The summed E-state index contributed by atoms with van der Waals surface area (Å²) in [5, 5.41) is 14.8. The minimum absolute atomic E-state index is 0.689. The van der Waals surface area contributed by atoms with Gasteiger partial charge in [-0.1, -0.05) is 0 Å². The molecule has 3 atom stereocenters. The maximum absolute atomic E-state index is 3.87. The number of rotatable bonds is 3. The number of fused-ring (bicyclic) bond motifs is 1. The van der Waals surface area contributed by atoms with Crippen molar-refractivity contribution in [3.05, 3.63) is 30.6 Å². The maximum Gasteiger partial charge on any atom is 0.143 e. The fourth-order valence-corrected chi connectivity index (χ4v) is 3.09. The van der Waals surface area contributed by atoms with E-state index in [9.17, 15) is 0 Å². The van der Waals surface area contributed by atoms with Crippen LogP contribution in [-0.2, 0) is 0 Å². The number of nitrogens with zero attached hydrogens (tertiary/aromatic N) is 4. The van der Waals surface area contributed by atoms with Crippen molar-refractivity contribution < 1.29 is 0 Å². The second-order valence-corrected chi connectivity index (χ2v) is 5.29. The summed E-state index contributed by atoms with van der Waals surface area (Å²) in [6.45, 7) is 0. The molecule has 1 heterocycles. The van der Waals surface area contributed by atoms with Gasteiger partial charge in [-0.05, 0) is 65.8 Å². The second-order valence-electron chi connectivity index (χ2n) is 5.29. The summed E-state index contributed by atoms with van der Waals surface area (Å²) in [4.78, 5) is 0. The second kappa shape index (κ2) is 3.80. The quantitative estimate of drug-likeness (QED) is 0.891. The molecule has 4 rings (SSSR count). The highest BCUT2D eigenvalue weighted by molar-refractivity contribution is 5.49. The lowest BCUT2D eigenvalue weighted by Crippen LogP contribution is -2.18. The normalized spacial score (nSPS) is 29.0. The summed E-state index contributed by atoms with van der Waals surface area (Å²) in [6.07, 6.45) is 5.77. The Kier molecular flexibility index (Phi) is 2.12. The SMILES string of the molecule is c1cc(-n2cnnn2)ccc1NC1CCC2CC21. The van der Waals surface area contributed by atoms with Gasteiger partial charge >= 0.3 is 0 Å². The summed E-state index contributed by atoms with van der Waals surface area (Å²) in [6, 6.07) is 8.98. The molecule has 2 aromatic rings. The molecular formula is C13H15N5. The van der Waals surface area contributed by atoms with Gasteiger partial charge in [-0.3, -0.25) is 0 Å². The largest absolute Gasteiger partial charge is 0.382 e. The van der Waals surface area contributed by atoms with Crippen LogP contribution in [0.5, 0.6) is 0 Å². The molecule has 5 nitrogen and oxygen atoms in total. The Labute approximate surface area is 105 Å². The maximum atomic E-state index is 3.87. The van der Waals surface area contributed by atoms with Gasteiger partial charge in [0.1, 0.15) is 6.33 Å². The average molecular weight is 241 g/mol. The van der Waals surface area contributed by atoms with Gasteiger partial charge < -0.3 is 5.32 Å². The average Bonchev–Trinajstić information content (AvgIpc) is 2.84. The van der Waals surface area contributed by atoms with Crippen LogP contribution < -0.4 is 5.32 Å². The van der Waals surface area contributed by atoms with Crippen LogP contribution in [0.1, 0.15) is 19.3 Å². The van der Waals surface area contributed by atoms with E-state index in [4.69, 9.17) is 0 Å². The molecule has 0 saturated heterocycles. The molecule has 2 aliphatic carbocycles. The van der Waals surface area contributed by atoms with Crippen LogP contribution in [0.3, 0.4) is 0 Å². The Morgan fingerprint density at radius 1 is 1.17 bits per heavy atom. The molecule has 2 fully saturated rings. The number of hydrogen-bond acceptors (Lipinski definition) is 4. The summed E-state index contributed by atoms with van der Waals surface area (Å²) in [7, 11) is 0. The summed E-state index contributed by atoms with van der Waals surface area (Å²) in [5.74, 6) is 1.95. The molecule has 1 aromatic heterocycles. The Hall–Kier alpha value is -1.91. The number of benzene rings is 1. The van der Waals surface area contributed by atoms with Crippen molar-refractivity contribution >= 4 is 5.69 Å². The van der Waals surface area contributed by atoms with Gasteiger partial charge in [0, 0.05) is 11.7 Å². The molecule has 92 valence electrons. The van der Waals surface area contributed by atoms with Gasteiger partial charge in [0.25, 0.3) is 0 Å². The van der Waals surface area contributed by atoms with Crippen molar-refractivity contribution in [2.45, 2.75) is 25.3 Å². The van der Waals surface area contributed by atoms with E-state index >= 15 is 0 Å². The first-order chi connectivity index (χ1) is 8.90. The number of nitrogens with one attached hydrogen (secondary N) is 1. The lowest BCUT2D eigenvalue weighted by Gasteiger charge is -2.15. The molecule has 3 unspecified atom stereocenters. The Morgan fingerprint density at radius 2 is 2.06 bits per heavy atom. The summed E-state index contributed by atoms with van der Waals surface area (Å²) in [5.41, 5.74) is 2.19.